The zero-order valence-corrected chi connectivity index (χ0v) is 12.4. The zero-order valence-electron chi connectivity index (χ0n) is 10.8. The first kappa shape index (κ1) is 14.0. The lowest BCUT2D eigenvalue weighted by Gasteiger charge is -2.10. The predicted molar refractivity (Wildman–Crippen MR) is 76.3 cm³/mol. The number of imidazole rings is 1. The van der Waals surface area contributed by atoms with Gasteiger partial charge in [-0.1, -0.05) is 15.9 Å². The maximum Gasteiger partial charge on any atom is 0.207 e. The van der Waals surface area contributed by atoms with Gasteiger partial charge in [0.15, 0.2) is 0 Å². The molecule has 0 saturated carbocycles. The predicted octanol–water partition coefficient (Wildman–Crippen LogP) is 3.14. The van der Waals surface area contributed by atoms with E-state index in [2.05, 4.69) is 26.2 Å². The quantitative estimate of drug-likeness (QED) is 0.857. The molecule has 2 rings (SSSR count). The molecule has 1 N–H and O–H groups in total. The van der Waals surface area contributed by atoms with E-state index in [0.29, 0.717) is 29.3 Å². The van der Waals surface area contributed by atoms with Gasteiger partial charge in [0.25, 0.3) is 0 Å². The Morgan fingerprint density at radius 2 is 2.26 bits per heavy atom. The van der Waals surface area contributed by atoms with Crippen LogP contribution in [0.2, 0.25) is 0 Å². The van der Waals surface area contributed by atoms with Gasteiger partial charge >= 0.3 is 0 Å². The largest absolute Gasteiger partial charge is 0.383 e. The summed E-state index contributed by atoms with van der Waals surface area (Å²) < 4.78 is 21.4. The van der Waals surface area contributed by atoms with Crippen LogP contribution in [-0.2, 0) is 4.74 Å². The molecule has 0 amide bonds. The van der Waals surface area contributed by atoms with Crippen molar-refractivity contribution in [2.75, 3.05) is 25.6 Å². The fraction of sp³-hybridized carbons (Fsp3) is 0.308. The molecule has 6 heteroatoms. The summed E-state index contributed by atoms with van der Waals surface area (Å²) in [5.41, 5.74) is 1.28. The van der Waals surface area contributed by atoms with E-state index in [-0.39, 0.29) is 5.82 Å². The van der Waals surface area contributed by atoms with Crippen molar-refractivity contribution in [3.8, 4) is 5.69 Å². The summed E-state index contributed by atoms with van der Waals surface area (Å²) in [7, 11) is 1.63. The number of aryl methyl sites for hydroxylation is 1. The molecule has 0 unspecified atom stereocenters. The molecule has 1 aromatic carbocycles. The summed E-state index contributed by atoms with van der Waals surface area (Å²) in [4.78, 5) is 4.34. The summed E-state index contributed by atoms with van der Waals surface area (Å²) in [6.45, 7) is 3.05. The lowest BCUT2D eigenvalue weighted by atomic mass is 10.3. The van der Waals surface area contributed by atoms with Crippen molar-refractivity contribution < 1.29 is 9.13 Å². The summed E-state index contributed by atoms with van der Waals surface area (Å²) in [5.74, 6) is 0.303. The maximum atomic E-state index is 14.0. The van der Waals surface area contributed by atoms with Gasteiger partial charge in [0, 0.05) is 24.3 Å². The van der Waals surface area contributed by atoms with Crippen molar-refractivity contribution in [2.45, 2.75) is 6.92 Å². The number of hydrogen-bond acceptors (Lipinski definition) is 3. The molecular weight excluding hydrogens is 313 g/mol. The first-order valence-corrected chi connectivity index (χ1v) is 6.65. The van der Waals surface area contributed by atoms with Crippen LogP contribution in [-0.4, -0.2) is 29.8 Å². The smallest absolute Gasteiger partial charge is 0.207 e. The molecule has 19 heavy (non-hydrogen) atoms. The lowest BCUT2D eigenvalue weighted by molar-refractivity contribution is 0.210. The summed E-state index contributed by atoms with van der Waals surface area (Å²) in [5, 5.41) is 3.12. The monoisotopic (exact) mass is 327 g/mol. The van der Waals surface area contributed by atoms with E-state index in [4.69, 9.17) is 4.74 Å². The van der Waals surface area contributed by atoms with Crippen molar-refractivity contribution in [3.05, 3.63) is 40.4 Å². The second-order valence-electron chi connectivity index (χ2n) is 4.09. The van der Waals surface area contributed by atoms with Crippen molar-refractivity contribution in [1.29, 1.82) is 0 Å². The highest BCUT2D eigenvalue weighted by molar-refractivity contribution is 9.10. The Labute approximate surface area is 119 Å². The van der Waals surface area contributed by atoms with Gasteiger partial charge < -0.3 is 10.1 Å². The average Bonchev–Trinajstić information content (AvgIpc) is 2.71. The molecule has 0 aliphatic rings. The van der Waals surface area contributed by atoms with Crippen LogP contribution in [0.4, 0.5) is 10.3 Å². The van der Waals surface area contributed by atoms with Gasteiger partial charge in [0.1, 0.15) is 5.82 Å². The van der Waals surface area contributed by atoms with Crippen LogP contribution >= 0.6 is 15.9 Å². The van der Waals surface area contributed by atoms with Crippen LogP contribution in [0, 0.1) is 12.7 Å². The summed E-state index contributed by atoms with van der Waals surface area (Å²) in [6.07, 6.45) is 1.79. The van der Waals surface area contributed by atoms with Gasteiger partial charge in [-0.25, -0.2) is 9.37 Å². The van der Waals surface area contributed by atoms with Crippen LogP contribution in [0.25, 0.3) is 5.69 Å². The Balaban J connectivity index is 2.32. The van der Waals surface area contributed by atoms with E-state index >= 15 is 0 Å². The minimum atomic E-state index is -0.304. The van der Waals surface area contributed by atoms with E-state index in [0.717, 1.165) is 5.69 Å². The Bertz CT molecular complexity index is 571. The van der Waals surface area contributed by atoms with Gasteiger partial charge in [-0.05, 0) is 25.1 Å². The lowest BCUT2D eigenvalue weighted by Crippen LogP contribution is -2.12. The van der Waals surface area contributed by atoms with Crippen molar-refractivity contribution in [2.24, 2.45) is 0 Å². The topological polar surface area (TPSA) is 39.1 Å². The SMILES string of the molecule is COCCNc1nc(C)cn1-c1ccc(Br)cc1F. The molecule has 0 spiro atoms. The normalized spacial score (nSPS) is 10.7. The number of halogens is 2. The molecule has 0 fully saturated rings. The average molecular weight is 328 g/mol. The molecule has 0 saturated heterocycles. The van der Waals surface area contributed by atoms with Crippen LogP contribution in [0.1, 0.15) is 5.69 Å². The molecule has 1 aromatic heterocycles. The van der Waals surface area contributed by atoms with Crippen LogP contribution in [0.15, 0.2) is 28.9 Å². The Hall–Kier alpha value is -1.40. The standard InChI is InChI=1S/C13H15BrFN3O/c1-9-8-18(13(17-9)16-5-6-19-2)12-4-3-10(14)7-11(12)15/h3-4,7-8H,5-6H2,1-2H3,(H,16,17). The first-order chi connectivity index (χ1) is 9.11. The zero-order chi connectivity index (χ0) is 13.8. The number of benzene rings is 1. The molecule has 2 aromatic rings. The molecule has 0 aliphatic heterocycles. The van der Waals surface area contributed by atoms with E-state index in [1.54, 1.807) is 30.0 Å². The Morgan fingerprint density at radius 1 is 1.47 bits per heavy atom. The molecule has 4 nitrogen and oxygen atoms in total. The highest BCUT2D eigenvalue weighted by atomic mass is 79.9. The highest BCUT2D eigenvalue weighted by Crippen LogP contribution is 2.22. The van der Waals surface area contributed by atoms with Crippen molar-refractivity contribution in [3.63, 3.8) is 0 Å². The molecule has 102 valence electrons. The maximum absolute atomic E-state index is 14.0. The molecule has 0 bridgehead atoms. The van der Waals surface area contributed by atoms with E-state index in [9.17, 15) is 4.39 Å². The summed E-state index contributed by atoms with van der Waals surface area (Å²) in [6, 6.07) is 4.94. The van der Waals surface area contributed by atoms with Crippen molar-refractivity contribution >= 4 is 21.9 Å². The number of hydrogen-bond donors (Lipinski definition) is 1. The molecular formula is C13H15BrFN3O. The number of ether oxygens (including phenoxy) is 1. The van der Waals surface area contributed by atoms with Gasteiger partial charge in [-0.3, -0.25) is 4.57 Å². The third kappa shape index (κ3) is 3.33. The highest BCUT2D eigenvalue weighted by Gasteiger charge is 2.11. The second kappa shape index (κ2) is 6.16. The van der Waals surface area contributed by atoms with Gasteiger partial charge in [-0.2, -0.15) is 0 Å². The van der Waals surface area contributed by atoms with Crippen LogP contribution < -0.4 is 5.32 Å². The number of aromatic nitrogens is 2. The number of nitrogens with one attached hydrogen (secondary N) is 1. The number of methoxy groups -OCH3 is 1. The fourth-order valence-electron chi connectivity index (χ4n) is 1.75. The van der Waals surface area contributed by atoms with Gasteiger partial charge in [0.2, 0.25) is 5.95 Å². The number of anilines is 1. The Kier molecular flexibility index (Phi) is 4.55. The fourth-order valence-corrected chi connectivity index (χ4v) is 2.08. The number of nitrogens with zero attached hydrogens (tertiary/aromatic N) is 2. The van der Waals surface area contributed by atoms with Gasteiger partial charge in [-0.15, -0.1) is 0 Å². The first-order valence-electron chi connectivity index (χ1n) is 5.86. The minimum Gasteiger partial charge on any atom is -0.383 e. The molecule has 1 heterocycles. The van der Waals surface area contributed by atoms with Crippen LogP contribution in [0.5, 0.6) is 0 Å². The minimum absolute atomic E-state index is 0.304. The number of rotatable bonds is 5. The molecule has 0 aliphatic carbocycles. The van der Waals surface area contributed by atoms with Gasteiger partial charge in [0.05, 0.1) is 18.0 Å². The molecule has 0 radical (unpaired) electrons. The van der Waals surface area contributed by atoms with E-state index in [1.807, 2.05) is 6.92 Å². The van der Waals surface area contributed by atoms with E-state index < -0.39 is 0 Å². The van der Waals surface area contributed by atoms with E-state index in [1.165, 1.54) is 6.07 Å². The van der Waals surface area contributed by atoms with Crippen LogP contribution in [0.3, 0.4) is 0 Å². The molecule has 0 atom stereocenters. The Morgan fingerprint density at radius 3 is 2.95 bits per heavy atom. The third-order valence-corrected chi connectivity index (χ3v) is 3.08. The second-order valence-corrected chi connectivity index (χ2v) is 5.01. The van der Waals surface area contributed by atoms with Crippen molar-refractivity contribution in [1.82, 2.24) is 9.55 Å². The summed E-state index contributed by atoms with van der Waals surface area (Å²) >= 11 is 3.25. The third-order valence-electron chi connectivity index (χ3n) is 2.58.